The number of nitrogens with zero attached hydrogens (tertiary/aromatic N) is 1. The van der Waals surface area contributed by atoms with Crippen LogP contribution in [-0.2, 0) is 19.2 Å². The van der Waals surface area contributed by atoms with Crippen LogP contribution in [0.15, 0.2) is 4.99 Å². The summed E-state index contributed by atoms with van der Waals surface area (Å²) in [5.74, 6) is -2.08. The van der Waals surface area contributed by atoms with Crippen molar-refractivity contribution in [2.75, 3.05) is 18.6 Å². The van der Waals surface area contributed by atoms with Crippen LogP contribution in [0.2, 0.25) is 0 Å². The van der Waals surface area contributed by atoms with Gasteiger partial charge in [-0.2, -0.15) is 11.8 Å². The Hall–Kier alpha value is -2.54. The van der Waals surface area contributed by atoms with E-state index < -0.39 is 47.9 Å². The lowest BCUT2D eigenvalue weighted by atomic mass is 10.0. The summed E-state index contributed by atoms with van der Waals surface area (Å²) in [6, 6.07) is -3.81. The first-order valence-corrected chi connectivity index (χ1v) is 13.6. The van der Waals surface area contributed by atoms with E-state index in [0.29, 0.717) is 25.0 Å². The number of aliphatic imine (C=N–C) groups is 1. The fraction of sp³-hybridized carbons (Fsp3) is 0.783. The molecule has 0 saturated carbocycles. The summed E-state index contributed by atoms with van der Waals surface area (Å²) in [7, 11) is 0. The van der Waals surface area contributed by atoms with Crippen LogP contribution in [0.1, 0.15) is 59.8 Å². The third-order valence-electron chi connectivity index (χ3n) is 5.21. The topological polar surface area (TPSA) is 215 Å². The van der Waals surface area contributed by atoms with E-state index in [0.717, 1.165) is 0 Å². The molecular formula is C23H45N7O5S. The van der Waals surface area contributed by atoms with Crippen molar-refractivity contribution in [3.05, 3.63) is 0 Å². The number of nitrogens with one attached hydrogen (secondary N) is 3. The number of carboxylic acid groups (broad SMARTS) is 1. The SMILES string of the molecule is CSCCC(N)C(=O)NC(CC(C)C)C(=O)NC(CCCN=C(N)N)C(=O)NC(CC(C)C)C(=O)O. The Morgan fingerprint density at radius 3 is 1.83 bits per heavy atom. The number of nitrogens with two attached hydrogens (primary N) is 3. The molecular weight excluding hydrogens is 486 g/mol. The second-order valence-electron chi connectivity index (χ2n) is 9.62. The molecule has 0 heterocycles. The molecule has 0 aliphatic carbocycles. The maximum absolute atomic E-state index is 13.2. The van der Waals surface area contributed by atoms with Crippen LogP contribution in [-0.4, -0.2) is 77.5 Å². The molecule has 0 fully saturated rings. The predicted octanol–water partition coefficient (Wildman–Crippen LogP) is -0.248. The Labute approximate surface area is 218 Å². The lowest BCUT2D eigenvalue weighted by molar-refractivity contribution is -0.142. The molecule has 0 saturated heterocycles. The first-order valence-electron chi connectivity index (χ1n) is 12.2. The Morgan fingerprint density at radius 2 is 1.33 bits per heavy atom. The Balaban J connectivity index is 5.60. The minimum atomic E-state index is -1.16. The number of aliphatic carboxylic acids is 1. The summed E-state index contributed by atoms with van der Waals surface area (Å²) in [6.45, 7) is 7.73. The third-order valence-corrected chi connectivity index (χ3v) is 5.85. The first kappa shape index (κ1) is 33.5. The van der Waals surface area contributed by atoms with Crippen molar-refractivity contribution >= 4 is 41.4 Å². The first-order chi connectivity index (χ1) is 16.8. The number of rotatable bonds is 18. The quantitative estimate of drug-likeness (QED) is 0.0704. The van der Waals surface area contributed by atoms with Crippen LogP contribution in [0.25, 0.3) is 0 Å². The van der Waals surface area contributed by atoms with E-state index in [9.17, 15) is 24.3 Å². The molecule has 0 rings (SSSR count). The van der Waals surface area contributed by atoms with Gasteiger partial charge in [0.15, 0.2) is 5.96 Å². The van der Waals surface area contributed by atoms with Crippen molar-refractivity contribution in [2.24, 2.45) is 34.0 Å². The number of carbonyl (C=O) groups is 4. The minimum absolute atomic E-state index is 0.0299. The largest absolute Gasteiger partial charge is 0.480 e. The Morgan fingerprint density at radius 1 is 0.833 bits per heavy atom. The third kappa shape index (κ3) is 14.8. The summed E-state index contributed by atoms with van der Waals surface area (Å²) >= 11 is 1.57. The molecule has 13 heteroatoms. The highest BCUT2D eigenvalue weighted by atomic mass is 32.2. The van der Waals surface area contributed by atoms with Gasteiger partial charge in [0.25, 0.3) is 0 Å². The van der Waals surface area contributed by atoms with Gasteiger partial charge >= 0.3 is 5.97 Å². The molecule has 0 aromatic heterocycles. The second-order valence-corrected chi connectivity index (χ2v) is 10.6. The number of thioether (sulfide) groups is 1. The lowest BCUT2D eigenvalue weighted by Crippen LogP contribution is -2.57. The van der Waals surface area contributed by atoms with Gasteiger partial charge in [0.2, 0.25) is 17.7 Å². The van der Waals surface area contributed by atoms with Gasteiger partial charge in [-0.25, -0.2) is 4.79 Å². The highest BCUT2D eigenvalue weighted by Crippen LogP contribution is 2.10. The van der Waals surface area contributed by atoms with E-state index in [1.807, 2.05) is 34.0 Å². The number of hydrogen-bond acceptors (Lipinski definition) is 7. The van der Waals surface area contributed by atoms with Gasteiger partial charge in [-0.1, -0.05) is 27.7 Å². The molecule has 10 N–H and O–H groups in total. The summed E-state index contributed by atoms with van der Waals surface area (Å²) < 4.78 is 0. The molecule has 208 valence electrons. The van der Waals surface area contributed by atoms with Crippen molar-refractivity contribution in [3.8, 4) is 0 Å². The van der Waals surface area contributed by atoms with Gasteiger partial charge in [0.1, 0.15) is 18.1 Å². The van der Waals surface area contributed by atoms with Crippen LogP contribution in [0.4, 0.5) is 0 Å². The average Bonchev–Trinajstić information content (AvgIpc) is 2.77. The number of amides is 3. The molecule has 0 aromatic rings. The smallest absolute Gasteiger partial charge is 0.326 e. The van der Waals surface area contributed by atoms with Crippen molar-refractivity contribution in [2.45, 2.75) is 84.0 Å². The molecule has 0 aromatic carbocycles. The fourth-order valence-corrected chi connectivity index (χ4v) is 3.86. The molecule has 0 bridgehead atoms. The zero-order chi connectivity index (χ0) is 27.8. The van der Waals surface area contributed by atoms with Gasteiger partial charge in [-0.05, 0) is 55.9 Å². The zero-order valence-corrected chi connectivity index (χ0v) is 22.9. The standard InChI is InChI=1S/C23H45N7O5S/c1-13(2)11-17(29-19(31)15(24)8-10-36-5)21(33)28-16(7-6-9-27-23(25)26)20(32)30-18(22(34)35)12-14(3)4/h13-18H,6-12,24H2,1-5H3,(H,28,33)(H,29,31)(H,30,32)(H,34,35)(H4,25,26,27). The lowest BCUT2D eigenvalue weighted by Gasteiger charge is -2.26. The van der Waals surface area contributed by atoms with Crippen molar-refractivity contribution in [1.29, 1.82) is 0 Å². The predicted molar refractivity (Wildman–Crippen MR) is 143 cm³/mol. The van der Waals surface area contributed by atoms with Crippen LogP contribution < -0.4 is 33.2 Å². The summed E-state index contributed by atoms with van der Waals surface area (Å²) in [5, 5.41) is 17.4. The minimum Gasteiger partial charge on any atom is -0.480 e. The van der Waals surface area contributed by atoms with Crippen LogP contribution in [0.5, 0.6) is 0 Å². The monoisotopic (exact) mass is 531 g/mol. The van der Waals surface area contributed by atoms with E-state index in [-0.39, 0.29) is 37.2 Å². The summed E-state index contributed by atoms with van der Waals surface area (Å²) in [6.07, 6.45) is 3.46. The fourth-order valence-electron chi connectivity index (χ4n) is 3.37. The van der Waals surface area contributed by atoms with E-state index >= 15 is 0 Å². The Bertz CT molecular complexity index is 744. The average molecular weight is 532 g/mol. The molecule has 36 heavy (non-hydrogen) atoms. The van der Waals surface area contributed by atoms with E-state index in [4.69, 9.17) is 17.2 Å². The maximum atomic E-state index is 13.2. The number of carboxylic acids is 1. The van der Waals surface area contributed by atoms with Gasteiger partial charge in [-0.15, -0.1) is 0 Å². The van der Waals surface area contributed by atoms with E-state index in [2.05, 4.69) is 20.9 Å². The summed E-state index contributed by atoms with van der Waals surface area (Å²) in [5.41, 5.74) is 16.6. The van der Waals surface area contributed by atoms with Gasteiger partial charge in [-0.3, -0.25) is 19.4 Å². The molecule has 0 radical (unpaired) electrons. The molecule has 0 aliphatic heterocycles. The van der Waals surface area contributed by atoms with Gasteiger partial charge in [0.05, 0.1) is 6.04 Å². The molecule has 3 amide bonds. The Kier molecular flexibility index (Phi) is 16.6. The normalized spacial score (nSPS) is 14.4. The van der Waals surface area contributed by atoms with Crippen LogP contribution in [0, 0.1) is 11.8 Å². The number of guanidine groups is 1. The van der Waals surface area contributed by atoms with Crippen LogP contribution in [0.3, 0.4) is 0 Å². The molecule has 4 atom stereocenters. The van der Waals surface area contributed by atoms with Crippen LogP contribution >= 0.6 is 11.8 Å². The maximum Gasteiger partial charge on any atom is 0.326 e. The number of hydrogen-bond donors (Lipinski definition) is 7. The highest BCUT2D eigenvalue weighted by Gasteiger charge is 2.30. The van der Waals surface area contributed by atoms with Crippen molar-refractivity contribution in [3.63, 3.8) is 0 Å². The van der Waals surface area contributed by atoms with Crippen molar-refractivity contribution < 1.29 is 24.3 Å². The zero-order valence-electron chi connectivity index (χ0n) is 22.1. The van der Waals surface area contributed by atoms with E-state index in [1.54, 1.807) is 11.8 Å². The van der Waals surface area contributed by atoms with Gasteiger partial charge in [0, 0.05) is 6.54 Å². The molecule has 12 nitrogen and oxygen atoms in total. The van der Waals surface area contributed by atoms with Crippen molar-refractivity contribution in [1.82, 2.24) is 16.0 Å². The molecule has 0 spiro atoms. The molecule has 4 unspecified atom stereocenters. The van der Waals surface area contributed by atoms with E-state index in [1.165, 1.54) is 0 Å². The number of carbonyl (C=O) groups excluding carboxylic acids is 3. The highest BCUT2D eigenvalue weighted by molar-refractivity contribution is 7.98. The molecule has 0 aliphatic rings. The second kappa shape index (κ2) is 17.8. The van der Waals surface area contributed by atoms with Gasteiger partial charge < -0.3 is 38.3 Å². The summed E-state index contributed by atoms with van der Waals surface area (Å²) in [4.78, 5) is 54.3.